The zero-order valence-corrected chi connectivity index (χ0v) is 18.4. The second-order valence-electron chi connectivity index (χ2n) is 7.15. The third-order valence-electron chi connectivity index (χ3n) is 4.65. The first-order chi connectivity index (χ1) is 14.4. The summed E-state index contributed by atoms with van der Waals surface area (Å²) in [4.78, 5) is 0.273. The minimum Gasteiger partial charge on any atom is -0.494 e. The molecule has 3 aromatic rings. The van der Waals surface area contributed by atoms with Crippen LogP contribution in [0.2, 0.25) is 0 Å². The molecule has 0 aromatic heterocycles. The third kappa shape index (κ3) is 5.30. The Labute approximate surface area is 179 Å². The van der Waals surface area contributed by atoms with Gasteiger partial charge < -0.3 is 4.74 Å². The Morgan fingerprint density at radius 1 is 0.933 bits per heavy atom. The van der Waals surface area contributed by atoms with E-state index in [0.29, 0.717) is 18.0 Å². The maximum atomic E-state index is 13.5. The van der Waals surface area contributed by atoms with Crippen LogP contribution in [0.1, 0.15) is 25.0 Å². The lowest BCUT2D eigenvalue weighted by Gasteiger charge is -2.25. The summed E-state index contributed by atoms with van der Waals surface area (Å²) in [7, 11) is -3.73. The first-order valence-electron chi connectivity index (χ1n) is 9.94. The number of ether oxygens (including phenoxy) is 1. The van der Waals surface area contributed by atoms with E-state index in [-0.39, 0.29) is 11.4 Å². The Morgan fingerprint density at radius 3 is 2.17 bits per heavy atom. The van der Waals surface area contributed by atoms with E-state index in [2.05, 4.69) is 0 Å². The SMILES string of the molecule is CCOc1ccc(N(CC(C)=Cc2ccccc2)S(=O)(=O)c2ccc(C)cc2)cc1. The predicted molar refractivity (Wildman–Crippen MR) is 123 cm³/mol. The predicted octanol–water partition coefficient (Wildman–Crippen LogP) is 5.69. The molecule has 0 aliphatic heterocycles. The van der Waals surface area contributed by atoms with Gasteiger partial charge in [-0.1, -0.05) is 59.7 Å². The van der Waals surface area contributed by atoms with Crippen LogP contribution >= 0.6 is 0 Å². The molecule has 0 N–H and O–H groups in total. The van der Waals surface area contributed by atoms with Gasteiger partial charge in [0.2, 0.25) is 0 Å². The lowest BCUT2D eigenvalue weighted by Crippen LogP contribution is -2.32. The second kappa shape index (κ2) is 9.63. The van der Waals surface area contributed by atoms with Crippen LogP contribution < -0.4 is 9.04 Å². The standard InChI is InChI=1S/C25H27NO3S/c1-4-29-24-14-12-23(13-15-24)26(19-21(3)18-22-8-6-5-7-9-22)30(27,28)25-16-10-20(2)11-17-25/h5-18H,4,19H2,1-3H3. The number of benzene rings is 3. The summed E-state index contributed by atoms with van der Waals surface area (Å²) in [5.74, 6) is 0.713. The topological polar surface area (TPSA) is 46.6 Å². The first kappa shape index (κ1) is 21.7. The van der Waals surface area contributed by atoms with Gasteiger partial charge in [0.05, 0.1) is 23.7 Å². The summed E-state index contributed by atoms with van der Waals surface area (Å²) in [6.07, 6.45) is 2.01. The fourth-order valence-electron chi connectivity index (χ4n) is 3.13. The number of anilines is 1. The van der Waals surface area contributed by atoms with Gasteiger partial charge in [0.1, 0.15) is 5.75 Å². The quantitative estimate of drug-likeness (QED) is 0.469. The Balaban J connectivity index is 1.99. The van der Waals surface area contributed by atoms with Gasteiger partial charge in [-0.25, -0.2) is 8.42 Å². The molecular formula is C25H27NO3S. The molecule has 0 atom stereocenters. The van der Waals surface area contributed by atoms with Crippen molar-refractivity contribution >= 4 is 21.8 Å². The van der Waals surface area contributed by atoms with Crippen LogP contribution in [0.4, 0.5) is 5.69 Å². The van der Waals surface area contributed by atoms with Gasteiger partial charge in [0.25, 0.3) is 10.0 Å². The minimum atomic E-state index is -3.73. The van der Waals surface area contributed by atoms with Crippen molar-refractivity contribution in [3.05, 3.63) is 95.6 Å². The molecule has 0 fully saturated rings. The number of aryl methyl sites for hydroxylation is 1. The largest absolute Gasteiger partial charge is 0.494 e. The molecule has 3 aromatic carbocycles. The van der Waals surface area contributed by atoms with Gasteiger partial charge >= 0.3 is 0 Å². The van der Waals surface area contributed by atoms with Crippen molar-refractivity contribution < 1.29 is 13.2 Å². The number of nitrogens with zero attached hydrogens (tertiary/aromatic N) is 1. The van der Waals surface area contributed by atoms with E-state index in [1.165, 1.54) is 4.31 Å². The lowest BCUT2D eigenvalue weighted by atomic mass is 10.1. The molecule has 0 radical (unpaired) electrons. The van der Waals surface area contributed by atoms with Crippen LogP contribution in [0, 0.1) is 6.92 Å². The van der Waals surface area contributed by atoms with Gasteiger partial charge in [0.15, 0.2) is 0 Å². The molecule has 30 heavy (non-hydrogen) atoms. The molecule has 0 aliphatic rings. The van der Waals surface area contributed by atoms with Crippen LogP contribution in [0.15, 0.2) is 89.3 Å². The van der Waals surface area contributed by atoms with Gasteiger partial charge in [-0.05, 0) is 62.7 Å². The molecular weight excluding hydrogens is 394 g/mol. The summed E-state index contributed by atoms with van der Waals surface area (Å²) in [6.45, 7) is 6.61. The van der Waals surface area contributed by atoms with Crippen LogP contribution in [0.25, 0.3) is 6.08 Å². The van der Waals surface area contributed by atoms with Crippen LogP contribution in [-0.4, -0.2) is 21.6 Å². The fourth-order valence-corrected chi connectivity index (χ4v) is 4.64. The molecule has 156 valence electrons. The van der Waals surface area contributed by atoms with Gasteiger partial charge in [-0.3, -0.25) is 4.31 Å². The van der Waals surface area contributed by atoms with Gasteiger partial charge in [0, 0.05) is 0 Å². The molecule has 0 heterocycles. The maximum Gasteiger partial charge on any atom is 0.264 e. The van der Waals surface area contributed by atoms with Crippen LogP contribution in [-0.2, 0) is 10.0 Å². The van der Waals surface area contributed by atoms with Crippen LogP contribution in [0.3, 0.4) is 0 Å². The van der Waals surface area contributed by atoms with Crippen LogP contribution in [0.5, 0.6) is 5.75 Å². The van der Waals surface area contributed by atoms with Crippen molar-refractivity contribution in [2.75, 3.05) is 17.5 Å². The summed E-state index contributed by atoms with van der Waals surface area (Å²) in [5.41, 5.74) is 3.58. The Kier molecular flexibility index (Phi) is 6.95. The average Bonchev–Trinajstić information content (AvgIpc) is 2.74. The number of sulfonamides is 1. The summed E-state index contributed by atoms with van der Waals surface area (Å²) >= 11 is 0. The van der Waals surface area contributed by atoms with Crippen molar-refractivity contribution in [1.29, 1.82) is 0 Å². The second-order valence-corrected chi connectivity index (χ2v) is 9.02. The van der Waals surface area contributed by atoms with Crippen molar-refractivity contribution in [3.63, 3.8) is 0 Å². The monoisotopic (exact) mass is 421 g/mol. The van der Waals surface area contributed by atoms with E-state index < -0.39 is 10.0 Å². The molecule has 0 saturated heterocycles. The minimum absolute atomic E-state index is 0.249. The van der Waals surface area contributed by atoms with E-state index in [1.807, 2.05) is 69.3 Å². The maximum absolute atomic E-state index is 13.5. The summed E-state index contributed by atoms with van der Waals surface area (Å²) in [5, 5.41) is 0. The summed E-state index contributed by atoms with van der Waals surface area (Å²) < 4.78 is 34.0. The zero-order chi connectivity index (χ0) is 21.6. The molecule has 0 amide bonds. The van der Waals surface area contributed by atoms with Gasteiger partial charge in [-0.2, -0.15) is 0 Å². The average molecular weight is 422 g/mol. The summed E-state index contributed by atoms with van der Waals surface area (Å²) in [6, 6.07) is 24.0. The molecule has 0 saturated carbocycles. The Bertz CT molecular complexity index is 1090. The molecule has 3 rings (SSSR count). The van der Waals surface area contributed by atoms with Gasteiger partial charge in [-0.15, -0.1) is 0 Å². The molecule has 0 aliphatic carbocycles. The molecule has 5 heteroatoms. The van der Waals surface area contributed by atoms with E-state index >= 15 is 0 Å². The lowest BCUT2D eigenvalue weighted by molar-refractivity contribution is 0.340. The third-order valence-corrected chi connectivity index (χ3v) is 6.44. The number of rotatable bonds is 8. The van der Waals surface area contributed by atoms with Crippen molar-refractivity contribution in [3.8, 4) is 5.75 Å². The normalized spacial score (nSPS) is 11.9. The molecule has 0 spiro atoms. The number of hydrogen-bond donors (Lipinski definition) is 0. The van der Waals surface area contributed by atoms with Crippen molar-refractivity contribution in [2.45, 2.75) is 25.7 Å². The Hall–Kier alpha value is -3.05. The fraction of sp³-hybridized carbons (Fsp3) is 0.200. The van der Waals surface area contributed by atoms with E-state index in [9.17, 15) is 8.42 Å². The van der Waals surface area contributed by atoms with Crippen molar-refractivity contribution in [2.24, 2.45) is 0 Å². The van der Waals surface area contributed by atoms with E-state index in [1.54, 1.807) is 36.4 Å². The highest BCUT2D eigenvalue weighted by atomic mass is 32.2. The highest BCUT2D eigenvalue weighted by Gasteiger charge is 2.25. The smallest absolute Gasteiger partial charge is 0.264 e. The molecule has 4 nitrogen and oxygen atoms in total. The molecule has 0 bridgehead atoms. The van der Waals surface area contributed by atoms with E-state index in [4.69, 9.17) is 4.74 Å². The first-order valence-corrected chi connectivity index (χ1v) is 11.4. The van der Waals surface area contributed by atoms with E-state index in [0.717, 1.165) is 16.7 Å². The highest BCUT2D eigenvalue weighted by Crippen LogP contribution is 2.27. The Morgan fingerprint density at radius 2 is 1.57 bits per heavy atom. The zero-order valence-electron chi connectivity index (χ0n) is 17.6. The molecule has 0 unspecified atom stereocenters. The van der Waals surface area contributed by atoms with Crippen molar-refractivity contribution in [1.82, 2.24) is 0 Å². The highest BCUT2D eigenvalue weighted by molar-refractivity contribution is 7.92. The number of hydrogen-bond acceptors (Lipinski definition) is 3.